The minimum absolute atomic E-state index is 0.184. The first-order valence-corrected chi connectivity index (χ1v) is 9.40. The van der Waals surface area contributed by atoms with Crippen LogP contribution in [0.2, 0.25) is 0 Å². The lowest BCUT2D eigenvalue weighted by Gasteiger charge is -2.15. The molecule has 0 aliphatic carbocycles. The van der Waals surface area contributed by atoms with Crippen molar-refractivity contribution in [2.24, 2.45) is 5.73 Å². The fraction of sp³-hybridized carbons (Fsp3) is 0.294. The number of nitrogens with one attached hydrogen (secondary N) is 1. The summed E-state index contributed by atoms with van der Waals surface area (Å²) in [5.41, 5.74) is 6.75. The van der Waals surface area contributed by atoms with Gasteiger partial charge in [0.2, 0.25) is 15.8 Å². The van der Waals surface area contributed by atoms with Gasteiger partial charge >= 0.3 is 5.69 Å². The summed E-state index contributed by atoms with van der Waals surface area (Å²) in [5, 5.41) is 11.0. The molecule has 0 bridgehead atoms. The summed E-state index contributed by atoms with van der Waals surface area (Å²) in [4.78, 5) is 9.19. The molecule has 0 aliphatic rings. The number of benzene rings is 2. The molecule has 0 aliphatic heterocycles. The molecule has 1 atom stereocenters. The Labute approximate surface area is 151 Å². The van der Waals surface area contributed by atoms with Crippen LogP contribution in [0.15, 0.2) is 47.4 Å². The molecule has 2 rings (SSSR count). The van der Waals surface area contributed by atoms with E-state index in [0.717, 1.165) is 23.8 Å². The number of hydrogen-bond donors (Lipinski definition) is 2. The molecule has 140 valence electrons. The zero-order valence-corrected chi connectivity index (χ0v) is 15.2. The quantitative estimate of drug-likeness (QED) is 0.565. The highest BCUT2D eigenvalue weighted by Gasteiger charge is 2.29. The molecule has 9 heteroatoms. The van der Waals surface area contributed by atoms with Crippen LogP contribution in [0.3, 0.4) is 0 Å². The highest BCUT2D eigenvalue weighted by molar-refractivity contribution is 7.89. The zero-order valence-electron chi connectivity index (χ0n) is 14.3. The van der Waals surface area contributed by atoms with Crippen LogP contribution in [-0.4, -0.2) is 19.9 Å². The summed E-state index contributed by atoms with van der Waals surface area (Å²) in [5.74, 6) is -0.862. The maximum Gasteiger partial charge on any atom is 0.324 e. The maximum atomic E-state index is 13.6. The normalized spacial score (nSPS) is 13.0. The highest BCUT2D eigenvalue weighted by Crippen LogP contribution is 2.26. The van der Waals surface area contributed by atoms with Crippen LogP contribution in [0, 0.1) is 15.9 Å². The third kappa shape index (κ3) is 4.43. The molecule has 0 amide bonds. The van der Waals surface area contributed by atoms with Gasteiger partial charge in [0.05, 0.1) is 4.92 Å². The van der Waals surface area contributed by atoms with Crippen molar-refractivity contribution in [2.75, 3.05) is 6.54 Å². The van der Waals surface area contributed by atoms with E-state index < -0.39 is 37.4 Å². The third-order valence-electron chi connectivity index (χ3n) is 3.95. The summed E-state index contributed by atoms with van der Waals surface area (Å²) >= 11 is 0. The van der Waals surface area contributed by atoms with Gasteiger partial charge in [-0.3, -0.25) is 10.1 Å². The number of nitrogens with two attached hydrogens (primary N) is 1. The number of hydrogen-bond acceptors (Lipinski definition) is 5. The predicted molar refractivity (Wildman–Crippen MR) is 95.7 cm³/mol. The molecule has 0 spiro atoms. The standard InChI is InChI=1S/C17H20FN3O4S/c1-11(2)12-6-8-13(9-7-12)15(19)10-20-26(24,25)16-5-3-4-14(18)17(16)21(22)23/h3-9,11,15,20H,10,19H2,1-2H3. The van der Waals surface area contributed by atoms with E-state index in [4.69, 9.17) is 5.73 Å². The Morgan fingerprint density at radius 2 is 1.73 bits per heavy atom. The van der Waals surface area contributed by atoms with Crippen LogP contribution in [0.25, 0.3) is 0 Å². The second-order valence-electron chi connectivity index (χ2n) is 6.12. The first kappa shape index (κ1) is 20.0. The molecule has 7 nitrogen and oxygen atoms in total. The predicted octanol–water partition coefficient (Wildman–Crippen LogP) is 2.84. The van der Waals surface area contributed by atoms with Gasteiger partial charge < -0.3 is 5.73 Å². The van der Waals surface area contributed by atoms with Crippen molar-refractivity contribution in [3.8, 4) is 0 Å². The molecule has 0 radical (unpaired) electrons. The van der Waals surface area contributed by atoms with E-state index in [1.807, 2.05) is 12.1 Å². The van der Waals surface area contributed by atoms with Crippen molar-refractivity contribution in [3.63, 3.8) is 0 Å². The smallest absolute Gasteiger partial charge is 0.323 e. The van der Waals surface area contributed by atoms with E-state index in [1.54, 1.807) is 12.1 Å². The molecule has 0 saturated carbocycles. The molecule has 1 unspecified atom stereocenters. The van der Waals surface area contributed by atoms with Crippen LogP contribution in [0.1, 0.15) is 36.9 Å². The Kier molecular flexibility index (Phi) is 6.06. The fourth-order valence-electron chi connectivity index (χ4n) is 2.41. The van der Waals surface area contributed by atoms with Gasteiger partial charge in [-0.1, -0.05) is 44.2 Å². The van der Waals surface area contributed by atoms with Crippen LogP contribution in [0.4, 0.5) is 10.1 Å². The summed E-state index contributed by atoms with van der Waals surface area (Å²) in [6.45, 7) is 3.92. The highest BCUT2D eigenvalue weighted by atomic mass is 32.2. The van der Waals surface area contributed by atoms with Gasteiger partial charge in [0.15, 0.2) is 4.90 Å². The van der Waals surface area contributed by atoms with Gasteiger partial charge in [0, 0.05) is 12.6 Å². The largest absolute Gasteiger partial charge is 0.324 e. The van der Waals surface area contributed by atoms with Crippen molar-refractivity contribution in [1.29, 1.82) is 0 Å². The molecule has 0 heterocycles. The van der Waals surface area contributed by atoms with Gasteiger partial charge in [-0.25, -0.2) is 13.1 Å². The van der Waals surface area contributed by atoms with Crippen molar-refractivity contribution in [1.82, 2.24) is 4.72 Å². The van der Waals surface area contributed by atoms with Crippen molar-refractivity contribution < 1.29 is 17.7 Å². The summed E-state index contributed by atoms with van der Waals surface area (Å²) in [6, 6.07) is 9.68. The number of nitro groups is 1. The topological polar surface area (TPSA) is 115 Å². The Morgan fingerprint density at radius 1 is 1.15 bits per heavy atom. The lowest BCUT2D eigenvalue weighted by Crippen LogP contribution is -2.32. The molecule has 26 heavy (non-hydrogen) atoms. The SMILES string of the molecule is CC(C)c1ccc(C(N)CNS(=O)(=O)c2cccc(F)c2[N+](=O)[O-])cc1. The molecule has 3 N–H and O–H groups in total. The van der Waals surface area contributed by atoms with E-state index in [2.05, 4.69) is 18.6 Å². The van der Waals surface area contributed by atoms with Gasteiger partial charge in [0.25, 0.3) is 0 Å². The third-order valence-corrected chi connectivity index (χ3v) is 5.40. The minimum Gasteiger partial charge on any atom is -0.323 e. The second-order valence-corrected chi connectivity index (χ2v) is 7.86. The maximum absolute atomic E-state index is 13.6. The van der Waals surface area contributed by atoms with Crippen molar-refractivity contribution in [2.45, 2.75) is 30.7 Å². The van der Waals surface area contributed by atoms with E-state index in [-0.39, 0.29) is 6.54 Å². The van der Waals surface area contributed by atoms with E-state index in [1.165, 1.54) is 0 Å². The molecule has 2 aromatic carbocycles. The van der Waals surface area contributed by atoms with Crippen molar-refractivity contribution in [3.05, 3.63) is 69.5 Å². The molecule has 2 aromatic rings. The Hall–Kier alpha value is -2.36. The second kappa shape index (κ2) is 7.90. The first-order chi connectivity index (χ1) is 12.1. The van der Waals surface area contributed by atoms with Crippen LogP contribution >= 0.6 is 0 Å². The van der Waals surface area contributed by atoms with Gasteiger partial charge in [-0.2, -0.15) is 4.39 Å². The lowest BCUT2D eigenvalue weighted by atomic mass is 9.99. The monoisotopic (exact) mass is 381 g/mol. The number of sulfonamides is 1. The number of nitro benzene ring substituents is 1. The first-order valence-electron chi connectivity index (χ1n) is 7.91. The molecular formula is C17H20FN3O4S. The summed E-state index contributed by atoms with van der Waals surface area (Å²) in [7, 11) is -4.29. The van der Waals surface area contributed by atoms with Gasteiger partial charge in [0.1, 0.15) is 0 Å². The van der Waals surface area contributed by atoms with Crippen molar-refractivity contribution >= 4 is 15.7 Å². The Balaban J connectivity index is 2.18. The Morgan fingerprint density at radius 3 is 2.27 bits per heavy atom. The minimum atomic E-state index is -4.29. The van der Waals surface area contributed by atoms with E-state index in [0.29, 0.717) is 11.5 Å². The van der Waals surface area contributed by atoms with Crippen LogP contribution in [0.5, 0.6) is 0 Å². The summed E-state index contributed by atoms with van der Waals surface area (Å²) < 4.78 is 40.6. The zero-order chi connectivity index (χ0) is 19.5. The Bertz CT molecular complexity index is 899. The van der Waals surface area contributed by atoms with Crippen LogP contribution in [-0.2, 0) is 10.0 Å². The number of para-hydroxylation sites is 1. The number of rotatable bonds is 7. The van der Waals surface area contributed by atoms with E-state index >= 15 is 0 Å². The molecule has 0 fully saturated rings. The molecule has 0 aromatic heterocycles. The lowest BCUT2D eigenvalue weighted by molar-refractivity contribution is -0.390. The van der Waals surface area contributed by atoms with Gasteiger partial charge in [-0.15, -0.1) is 0 Å². The average Bonchev–Trinajstić information content (AvgIpc) is 2.59. The van der Waals surface area contributed by atoms with Gasteiger partial charge in [-0.05, 0) is 29.2 Å². The average molecular weight is 381 g/mol. The number of halogens is 1. The fourth-order valence-corrected chi connectivity index (χ4v) is 3.65. The van der Waals surface area contributed by atoms with Crippen LogP contribution < -0.4 is 10.5 Å². The molecule has 0 saturated heterocycles. The number of nitrogens with zero attached hydrogens (tertiary/aromatic N) is 1. The molecular weight excluding hydrogens is 361 g/mol. The summed E-state index contributed by atoms with van der Waals surface area (Å²) in [6.07, 6.45) is 0. The van der Waals surface area contributed by atoms with E-state index in [9.17, 15) is 22.9 Å².